The molecule has 0 heterocycles. The largest absolute Gasteiger partial charge is 0.472 e. The van der Waals surface area contributed by atoms with Crippen molar-refractivity contribution in [3.63, 3.8) is 0 Å². The summed E-state index contributed by atoms with van der Waals surface area (Å²) in [4.78, 5) is 35.4. The lowest BCUT2D eigenvalue weighted by Crippen LogP contribution is -2.29. The highest BCUT2D eigenvalue weighted by Gasteiger charge is 2.26. The maximum absolute atomic E-state index is 12.8. The highest BCUT2D eigenvalue weighted by molar-refractivity contribution is 7.47. The Morgan fingerprint density at radius 2 is 0.627 bits per heavy atom. The Kier molecular flexibility index (Phi) is 67.9. The zero-order valence-electron chi connectivity index (χ0n) is 55.2. The quantitative estimate of drug-likeness (QED) is 0.0264. The molecule has 0 aliphatic rings. The number of esters is 2. The van der Waals surface area contributed by atoms with Gasteiger partial charge in [-0.05, 0) is 70.6 Å². The Balaban J connectivity index is 3.80. The molecule has 0 aromatic rings. The fourth-order valence-electron chi connectivity index (χ4n) is 11.1. The number of carbonyl (C=O) groups is 2. The van der Waals surface area contributed by atoms with E-state index in [1.165, 1.54) is 315 Å². The van der Waals surface area contributed by atoms with Crippen LogP contribution in [0.25, 0.3) is 0 Å². The summed E-state index contributed by atoms with van der Waals surface area (Å²) in [6.07, 6.45) is 86.9. The normalized spacial score (nSPS) is 13.1. The van der Waals surface area contributed by atoms with Gasteiger partial charge in [-0.25, -0.2) is 4.57 Å². The van der Waals surface area contributed by atoms with Crippen molar-refractivity contribution < 1.29 is 37.6 Å². The summed E-state index contributed by atoms with van der Waals surface area (Å²) in [6.45, 7) is 3.81. The molecule has 0 aromatic heterocycles. The zero-order chi connectivity index (χ0) is 60.1. The first kappa shape index (κ1) is 81.2. The maximum Gasteiger partial charge on any atom is 0.472 e. The van der Waals surface area contributed by atoms with Gasteiger partial charge in [0.1, 0.15) is 6.61 Å². The maximum atomic E-state index is 12.8. The van der Waals surface area contributed by atoms with Crippen LogP contribution in [0.1, 0.15) is 386 Å². The first-order valence-corrected chi connectivity index (χ1v) is 38.0. The molecule has 0 saturated heterocycles. The summed E-state index contributed by atoms with van der Waals surface area (Å²) in [6, 6.07) is 0. The van der Waals surface area contributed by atoms with Crippen molar-refractivity contribution in [3.05, 3.63) is 36.5 Å². The predicted octanol–water partition coefficient (Wildman–Crippen LogP) is 23.9. The van der Waals surface area contributed by atoms with Gasteiger partial charge in [0, 0.05) is 19.4 Å². The Labute approximate surface area is 515 Å². The third-order valence-electron chi connectivity index (χ3n) is 16.5. The Bertz CT molecular complexity index is 1450. The van der Waals surface area contributed by atoms with Gasteiger partial charge in [-0.2, -0.15) is 0 Å². The first-order valence-electron chi connectivity index (χ1n) is 36.5. The zero-order valence-corrected chi connectivity index (χ0v) is 56.1. The number of nitrogens with two attached hydrogens (primary N) is 1. The number of unbranched alkanes of at least 4 members (excludes halogenated alkanes) is 51. The van der Waals surface area contributed by atoms with Crippen molar-refractivity contribution in [1.29, 1.82) is 0 Å². The lowest BCUT2D eigenvalue weighted by molar-refractivity contribution is -0.161. The van der Waals surface area contributed by atoms with E-state index in [-0.39, 0.29) is 38.6 Å². The van der Waals surface area contributed by atoms with Crippen molar-refractivity contribution in [2.45, 2.75) is 392 Å². The second kappa shape index (κ2) is 69.3. The van der Waals surface area contributed by atoms with Crippen LogP contribution in [-0.2, 0) is 32.7 Å². The van der Waals surface area contributed by atoms with Crippen LogP contribution in [0, 0.1) is 0 Å². The van der Waals surface area contributed by atoms with Crippen LogP contribution in [0.4, 0.5) is 0 Å². The van der Waals surface area contributed by atoms with Crippen molar-refractivity contribution in [2.75, 3.05) is 26.4 Å². The smallest absolute Gasteiger partial charge is 0.462 e. The van der Waals surface area contributed by atoms with E-state index in [1.807, 2.05) is 0 Å². The fraction of sp³-hybridized carbons (Fsp3) is 0.890. The third kappa shape index (κ3) is 69.2. The van der Waals surface area contributed by atoms with Gasteiger partial charge in [0.25, 0.3) is 0 Å². The summed E-state index contributed by atoms with van der Waals surface area (Å²) < 4.78 is 33.2. The number of ether oxygens (including phenoxy) is 2. The van der Waals surface area contributed by atoms with E-state index in [0.29, 0.717) is 6.42 Å². The van der Waals surface area contributed by atoms with Crippen LogP contribution in [0.15, 0.2) is 36.5 Å². The van der Waals surface area contributed by atoms with Gasteiger partial charge in [0.2, 0.25) is 0 Å². The molecule has 0 aromatic carbocycles. The Morgan fingerprint density at radius 3 is 0.928 bits per heavy atom. The van der Waals surface area contributed by atoms with Gasteiger partial charge in [-0.15, -0.1) is 0 Å². The molecule has 0 rings (SSSR count). The molecular weight excluding hydrogens is 1050 g/mol. The minimum atomic E-state index is -4.39. The number of rotatable bonds is 70. The minimum Gasteiger partial charge on any atom is -0.462 e. The van der Waals surface area contributed by atoms with Crippen LogP contribution in [-0.4, -0.2) is 49.3 Å². The number of phosphoric acid groups is 1. The highest BCUT2D eigenvalue weighted by atomic mass is 31.2. The summed E-state index contributed by atoms with van der Waals surface area (Å²) in [7, 11) is -4.39. The molecule has 0 saturated carbocycles. The molecule has 0 fully saturated rings. The second-order valence-electron chi connectivity index (χ2n) is 24.8. The van der Waals surface area contributed by atoms with Gasteiger partial charge >= 0.3 is 19.8 Å². The lowest BCUT2D eigenvalue weighted by Gasteiger charge is -2.19. The summed E-state index contributed by atoms with van der Waals surface area (Å²) in [5.41, 5.74) is 5.41. The molecule has 490 valence electrons. The standard InChI is InChI=1S/C73H140NO8P/c1-3-5-7-9-11-13-15-17-19-21-23-25-27-29-31-33-34-35-36-38-39-41-43-45-47-49-51-53-55-57-59-61-63-65-72(75)79-69-71(70-81-83(77,78)80-68-67-74)82-73(76)66-64-62-60-58-56-54-52-50-48-46-44-42-40-37-32-30-28-26-24-22-20-18-16-14-12-10-8-6-4-2/h16,18,21-24,71H,3-15,17,19-20,25-70,74H2,1-2H3,(H,77,78)/b18-16-,23-21-,24-22-. The average molecular weight is 1190 g/mol. The topological polar surface area (TPSA) is 134 Å². The molecular formula is C73H140NO8P. The molecule has 9 nitrogen and oxygen atoms in total. The van der Waals surface area contributed by atoms with Crippen molar-refractivity contribution in [2.24, 2.45) is 5.73 Å². The summed E-state index contributed by atoms with van der Waals surface area (Å²) in [5.74, 6) is -0.804. The van der Waals surface area contributed by atoms with Crippen LogP contribution in [0.2, 0.25) is 0 Å². The third-order valence-corrected chi connectivity index (χ3v) is 17.5. The molecule has 0 aliphatic carbocycles. The Hall–Kier alpha value is -1.77. The van der Waals surface area contributed by atoms with Crippen LogP contribution in [0.3, 0.4) is 0 Å². The van der Waals surface area contributed by atoms with Crippen molar-refractivity contribution >= 4 is 19.8 Å². The van der Waals surface area contributed by atoms with E-state index in [1.54, 1.807) is 0 Å². The number of carbonyl (C=O) groups excluding carboxylic acids is 2. The van der Waals surface area contributed by atoms with Gasteiger partial charge in [0.05, 0.1) is 13.2 Å². The molecule has 10 heteroatoms. The van der Waals surface area contributed by atoms with E-state index < -0.39 is 26.5 Å². The molecule has 2 atom stereocenters. The Morgan fingerprint density at radius 1 is 0.361 bits per heavy atom. The predicted molar refractivity (Wildman–Crippen MR) is 358 cm³/mol. The number of hydrogen-bond acceptors (Lipinski definition) is 8. The van der Waals surface area contributed by atoms with E-state index in [0.717, 1.165) is 38.5 Å². The van der Waals surface area contributed by atoms with Crippen LogP contribution >= 0.6 is 7.82 Å². The molecule has 0 bridgehead atoms. The monoisotopic (exact) mass is 1190 g/mol. The molecule has 0 radical (unpaired) electrons. The highest BCUT2D eigenvalue weighted by Crippen LogP contribution is 2.43. The molecule has 0 aliphatic heterocycles. The number of phosphoric ester groups is 1. The molecule has 3 N–H and O–H groups in total. The molecule has 0 amide bonds. The van der Waals surface area contributed by atoms with E-state index in [2.05, 4.69) is 50.3 Å². The number of hydrogen-bond donors (Lipinski definition) is 2. The molecule has 2 unspecified atom stereocenters. The minimum absolute atomic E-state index is 0.0560. The molecule has 83 heavy (non-hydrogen) atoms. The van der Waals surface area contributed by atoms with Gasteiger partial charge in [-0.1, -0.05) is 339 Å². The van der Waals surface area contributed by atoms with E-state index >= 15 is 0 Å². The van der Waals surface area contributed by atoms with Crippen LogP contribution < -0.4 is 5.73 Å². The number of allylic oxidation sites excluding steroid dienone is 6. The molecule has 0 spiro atoms. The van der Waals surface area contributed by atoms with Crippen molar-refractivity contribution in [3.8, 4) is 0 Å². The van der Waals surface area contributed by atoms with E-state index in [9.17, 15) is 19.0 Å². The van der Waals surface area contributed by atoms with Gasteiger partial charge in [-0.3, -0.25) is 18.6 Å². The van der Waals surface area contributed by atoms with Gasteiger partial charge < -0.3 is 20.1 Å². The lowest BCUT2D eigenvalue weighted by atomic mass is 10.0. The fourth-order valence-corrected chi connectivity index (χ4v) is 11.8. The van der Waals surface area contributed by atoms with Crippen LogP contribution in [0.5, 0.6) is 0 Å². The summed E-state index contributed by atoms with van der Waals surface area (Å²) in [5, 5.41) is 0. The second-order valence-corrected chi connectivity index (χ2v) is 26.3. The van der Waals surface area contributed by atoms with Crippen molar-refractivity contribution in [1.82, 2.24) is 0 Å². The average Bonchev–Trinajstić information content (AvgIpc) is 3.49. The summed E-state index contributed by atoms with van der Waals surface area (Å²) >= 11 is 0. The SMILES string of the molecule is CCCCCCC/C=C\C/C=C\CCCCCCCCCCCCCCCCCCCC(=O)OC(COC(=O)CCCCCCCCCCCCCCCCCCCCCCC/C=C\CCCCCCCCCC)COP(=O)(O)OCCN. The van der Waals surface area contributed by atoms with Gasteiger partial charge in [0.15, 0.2) is 6.10 Å². The first-order chi connectivity index (χ1) is 40.8. The van der Waals surface area contributed by atoms with E-state index in [4.69, 9.17) is 24.3 Å².